The van der Waals surface area contributed by atoms with Gasteiger partial charge in [0.2, 0.25) is 0 Å². The summed E-state index contributed by atoms with van der Waals surface area (Å²) in [7, 11) is -0.701. The standard InChI is InChI=1S/C19H25BClFO5/c1-6-24-17(23)13-7-11(13)10-25-16-14(21)8-12(9-15(16)22)20-26-18(2,3)19(4,5)27-20/h8-9,11,13H,6-7,10H2,1-5H3. The van der Waals surface area contributed by atoms with E-state index in [2.05, 4.69) is 0 Å². The van der Waals surface area contributed by atoms with Crippen molar-refractivity contribution < 1.29 is 28.0 Å². The van der Waals surface area contributed by atoms with Crippen LogP contribution in [0.2, 0.25) is 5.02 Å². The first-order chi connectivity index (χ1) is 12.6. The molecule has 5 nitrogen and oxygen atoms in total. The van der Waals surface area contributed by atoms with Gasteiger partial charge in [0.15, 0.2) is 11.6 Å². The molecule has 1 aliphatic carbocycles. The van der Waals surface area contributed by atoms with E-state index in [9.17, 15) is 9.18 Å². The zero-order valence-corrected chi connectivity index (χ0v) is 17.1. The molecule has 1 aromatic carbocycles. The van der Waals surface area contributed by atoms with Gasteiger partial charge >= 0.3 is 13.1 Å². The Morgan fingerprint density at radius 3 is 2.48 bits per heavy atom. The lowest BCUT2D eigenvalue weighted by molar-refractivity contribution is -0.145. The van der Waals surface area contributed by atoms with E-state index in [1.165, 1.54) is 6.07 Å². The minimum absolute atomic E-state index is 0.0218. The molecular weight excluding hydrogens is 373 g/mol. The van der Waals surface area contributed by atoms with Gasteiger partial charge in [-0.25, -0.2) is 4.39 Å². The highest BCUT2D eigenvalue weighted by atomic mass is 35.5. The van der Waals surface area contributed by atoms with Crippen LogP contribution in [0.3, 0.4) is 0 Å². The maximum absolute atomic E-state index is 14.6. The van der Waals surface area contributed by atoms with Crippen LogP contribution in [0.1, 0.15) is 41.0 Å². The molecule has 0 spiro atoms. The van der Waals surface area contributed by atoms with Crippen LogP contribution in [0.5, 0.6) is 5.75 Å². The predicted molar refractivity (Wildman–Crippen MR) is 101 cm³/mol. The fourth-order valence-electron chi connectivity index (χ4n) is 2.99. The minimum atomic E-state index is -0.701. The third-order valence-corrected chi connectivity index (χ3v) is 5.78. The second-order valence-electron chi connectivity index (χ2n) is 8.07. The SMILES string of the molecule is CCOC(=O)C1CC1COc1c(F)cc(B2OC(C)(C)C(C)(C)O2)cc1Cl. The molecule has 0 N–H and O–H groups in total. The van der Waals surface area contributed by atoms with Crippen molar-refractivity contribution in [2.24, 2.45) is 11.8 Å². The van der Waals surface area contributed by atoms with Crippen LogP contribution in [-0.2, 0) is 18.8 Å². The van der Waals surface area contributed by atoms with E-state index in [1.54, 1.807) is 13.0 Å². The molecule has 2 fully saturated rings. The van der Waals surface area contributed by atoms with Gasteiger partial charge in [-0.3, -0.25) is 4.79 Å². The number of carbonyl (C=O) groups is 1. The van der Waals surface area contributed by atoms with E-state index in [4.69, 9.17) is 30.4 Å². The lowest BCUT2D eigenvalue weighted by Crippen LogP contribution is -2.41. The van der Waals surface area contributed by atoms with Gasteiger partial charge in [-0.15, -0.1) is 0 Å². The lowest BCUT2D eigenvalue weighted by Gasteiger charge is -2.32. The van der Waals surface area contributed by atoms with Crippen LogP contribution in [0.25, 0.3) is 0 Å². The zero-order chi connectivity index (χ0) is 20.0. The summed E-state index contributed by atoms with van der Waals surface area (Å²) >= 11 is 6.24. The van der Waals surface area contributed by atoms with Crippen LogP contribution in [0.4, 0.5) is 4.39 Å². The molecule has 0 radical (unpaired) electrons. The monoisotopic (exact) mass is 398 g/mol. The summed E-state index contributed by atoms with van der Waals surface area (Å²) in [5.74, 6) is -0.973. The van der Waals surface area contributed by atoms with Crippen molar-refractivity contribution in [1.82, 2.24) is 0 Å². The Kier molecular flexibility index (Phi) is 5.49. The lowest BCUT2D eigenvalue weighted by atomic mass is 9.79. The predicted octanol–water partition coefficient (Wildman–Crippen LogP) is 3.36. The van der Waals surface area contributed by atoms with Crippen molar-refractivity contribution >= 4 is 30.2 Å². The summed E-state index contributed by atoms with van der Waals surface area (Å²) in [6, 6.07) is 2.91. The van der Waals surface area contributed by atoms with Gasteiger partial charge in [-0.1, -0.05) is 11.6 Å². The summed E-state index contributed by atoms with van der Waals surface area (Å²) in [6.45, 7) is 10.1. The van der Waals surface area contributed by atoms with Crippen molar-refractivity contribution in [3.05, 3.63) is 23.0 Å². The third kappa shape index (κ3) is 4.10. The maximum Gasteiger partial charge on any atom is 0.494 e. The summed E-state index contributed by atoms with van der Waals surface area (Å²) in [4.78, 5) is 11.7. The second-order valence-corrected chi connectivity index (χ2v) is 8.47. The quantitative estimate of drug-likeness (QED) is 0.543. The van der Waals surface area contributed by atoms with Gasteiger partial charge in [-0.05, 0) is 58.6 Å². The van der Waals surface area contributed by atoms with Gasteiger partial charge in [0.05, 0.1) is 35.4 Å². The topological polar surface area (TPSA) is 54.0 Å². The van der Waals surface area contributed by atoms with E-state index in [0.29, 0.717) is 18.5 Å². The Balaban J connectivity index is 1.65. The number of halogens is 2. The van der Waals surface area contributed by atoms with Crippen molar-refractivity contribution in [3.63, 3.8) is 0 Å². The smallest absolute Gasteiger partial charge is 0.489 e. The van der Waals surface area contributed by atoms with Crippen molar-refractivity contribution in [2.75, 3.05) is 13.2 Å². The number of ether oxygens (including phenoxy) is 2. The highest BCUT2D eigenvalue weighted by Crippen LogP contribution is 2.41. The Hall–Kier alpha value is -1.31. The number of esters is 1. The van der Waals surface area contributed by atoms with Gasteiger partial charge in [0, 0.05) is 5.92 Å². The van der Waals surface area contributed by atoms with Crippen molar-refractivity contribution in [1.29, 1.82) is 0 Å². The molecule has 0 aromatic heterocycles. The van der Waals surface area contributed by atoms with Crippen LogP contribution in [-0.4, -0.2) is 37.5 Å². The molecule has 148 valence electrons. The molecule has 2 unspecified atom stereocenters. The van der Waals surface area contributed by atoms with Crippen LogP contribution in [0.15, 0.2) is 12.1 Å². The van der Waals surface area contributed by atoms with E-state index < -0.39 is 24.1 Å². The molecule has 3 rings (SSSR count). The fraction of sp³-hybridized carbons (Fsp3) is 0.632. The average Bonchev–Trinajstić information content (AvgIpc) is 3.28. The third-order valence-electron chi connectivity index (χ3n) is 5.50. The van der Waals surface area contributed by atoms with Gasteiger partial charge in [0.1, 0.15) is 0 Å². The maximum atomic E-state index is 14.6. The number of hydrogen-bond acceptors (Lipinski definition) is 5. The molecule has 1 saturated heterocycles. The fourth-order valence-corrected chi connectivity index (χ4v) is 3.26. The number of hydrogen-bond donors (Lipinski definition) is 0. The Bertz CT molecular complexity index is 700. The van der Waals surface area contributed by atoms with Crippen LogP contribution >= 0.6 is 11.6 Å². The molecule has 1 saturated carbocycles. The molecule has 0 amide bonds. The first-order valence-corrected chi connectivity index (χ1v) is 9.57. The highest BCUT2D eigenvalue weighted by Gasteiger charge is 2.52. The molecule has 1 aliphatic heterocycles. The Morgan fingerprint density at radius 1 is 1.30 bits per heavy atom. The summed E-state index contributed by atoms with van der Waals surface area (Å²) < 4.78 is 37.0. The summed E-state index contributed by atoms with van der Waals surface area (Å²) in [5, 5.41) is 0.146. The highest BCUT2D eigenvalue weighted by molar-refractivity contribution is 6.62. The average molecular weight is 399 g/mol. The normalized spacial score (nSPS) is 25.4. The van der Waals surface area contributed by atoms with Gasteiger partial charge in [0.25, 0.3) is 0 Å². The number of benzene rings is 1. The first kappa shape index (κ1) is 20.4. The molecule has 27 heavy (non-hydrogen) atoms. The zero-order valence-electron chi connectivity index (χ0n) is 16.3. The Morgan fingerprint density at radius 2 is 1.93 bits per heavy atom. The first-order valence-electron chi connectivity index (χ1n) is 9.19. The van der Waals surface area contributed by atoms with E-state index in [-0.39, 0.29) is 35.2 Å². The summed E-state index contributed by atoms with van der Waals surface area (Å²) in [5.41, 5.74) is -0.548. The van der Waals surface area contributed by atoms with E-state index >= 15 is 0 Å². The largest absolute Gasteiger partial charge is 0.494 e. The molecule has 0 bridgehead atoms. The Labute approximate surface area is 164 Å². The molecular formula is C19H25BClFO5. The van der Waals surface area contributed by atoms with E-state index in [1.807, 2.05) is 27.7 Å². The summed E-state index contributed by atoms with van der Waals surface area (Å²) in [6.07, 6.45) is 0.685. The number of carbonyl (C=O) groups excluding carboxylic acids is 1. The van der Waals surface area contributed by atoms with Crippen molar-refractivity contribution in [2.45, 2.75) is 52.2 Å². The minimum Gasteiger partial charge on any atom is -0.489 e. The van der Waals surface area contributed by atoms with Crippen LogP contribution in [0, 0.1) is 17.7 Å². The van der Waals surface area contributed by atoms with Gasteiger partial charge in [-0.2, -0.15) is 0 Å². The molecule has 2 atom stereocenters. The van der Waals surface area contributed by atoms with Gasteiger partial charge < -0.3 is 18.8 Å². The number of rotatable bonds is 6. The van der Waals surface area contributed by atoms with E-state index in [0.717, 1.165) is 0 Å². The molecule has 8 heteroatoms. The molecule has 1 heterocycles. The molecule has 2 aliphatic rings. The second kappa shape index (κ2) is 7.26. The van der Waals surface area contributed by atoms with Crippen LogP contribution < -0.4 is 10.2 Å². The molecule has 1 aromatic rings. The van der Waals surface area contributed by atoms with Crippen molar-refractivity contribution in [3.8, 4) is 5.75 Å².